The maximum atomic E-state index is 9.97. The average molecular weight is 264 g/mol. The number of aromatic hydroxyl groups is 2. The van der Waals surface area contributed by atoms with Crippen LogP contribution in [0.1, 0.15) is 0 Å². The third kappa shape index (κ3) is 2.07. The summed E-state index contributed by atoms with van der Waals surface area (Å²) in [7, 11) is 0. The first-order valence-electron chi connectivity index (χ1n) is 6.15. The fourth-order valence-corrected chi connectivity index (χ4v) is 2.08. The molecule has 0 unspecified atom stereocenters. The molecule has 2 N–H and O–H groups in total. The molecule has 20 heavy (non-hydrogen) atoms. The molecule has 0 amide bonds. The highest BCUT2D eigenvalue weighted by molar-refractivity contribution is 5.82. The normalized spacial score (nSPS) is 10.4. The van der Waals surface area contributed by atoms with Gasteiger partial charge in [0.05, 0.1) is 0 Å². The molecule has 0 saturated heterocycles. The van der Waals surface area contributed by atoms with Crippen LogP contribution < -0.4 is 0 Å². The molecule has 98 valence electrons. The first-order chi connectivity index (χ1) is 9.77. The Morgan fingerprint density at radius 2 is 1.00 bits per heavy atom. The topological polar surface area (TPSA) is 66.2 Å². The van der Waals surface area contributed by atoms with Crippen LogP contribution in [0.25, 0.3) is 22.5 Å². The summed E-state index contributed by atoms with van der Waals surface area (Å²) in [6.07, 6.45) is 3.12. The molecule has 1 heterocycles. The van der Waals surface area contributed by atoms with Crippen molar-refractivity contribution in [1.82, 2.24) is 9.97 Å². The third-order valence-corrected chi connectivity index (χ3v) is 3.02. The molecule has 0 aliphatic heterocycles. The lowest BCUT2D eigenvalue weighted by Crippen LogP contribution is -1.93. The monoisotopic (exact) mass is 264 g/mol. The molecule has 0 spiro atoms. The van der Waals surface area contributed by atoms with E-state index in [0.717, 1.165) is 0 Å². The smallest absolute Gasteiger partial charge is 0.125 e. The Morgan fingerprint density at radius 3 is 1.40 bits per heavy atom. The average Bonchev–Trinajstić information content (AvgIpc) is 2.48. The standard InChI is InChI=1S/C16H12N2O2/c19-13-7-3-1-5-11(13)15-16(18-10-9-17-15)12-6-2-4-8-14(12)20/h1-10,19-20H. The molecular weight excluding hydrogens is 252 g/mol. The van der Waals surface area contributed by atoms with Crippen LogP contribution in [0.5, 0.6) is 11.5 Å². The van der Waals surface area contributed by atoms with Gasteiger partial charge in [-0.2, -0.15) is 0 Å². The Kier molecular flexibility index (Phi) is 3.05. The van der Waals surface area contributed by atoms with E-state index in [4.69, 9.17) is 0 Å². The number of phenolic OH excluding ortho intramolecular Hbond substituents is 2. The van der Waals surface area contributed by atoms with Gasteiger partial charge in [-0.05, 0) is 24.3 Å². The number of phenols is 2. The van der Waals surface area contributed by atoms with Crippen molar-refractivity contribution >= 4 is 0 Å². The van der Waals surface area contributed by atoms with Gasteiger partial charge in [0, 0.05) is 23.5 Å². The largest absolute Gasteiger partial charge is 0.507 e. The number of para-hydroxylation sites is 2. The molecule has 4 nitrogen and oxygen atoms in total. The molecule has 0 atom stereocenters. The molecule has 3 aromatic rings. The van der Waals surface area contributed by atoms with E-state index in [9.17, 15) is 10.2 Å². The number of benzene rings is 2. The van der Waals surface area contributed by atoms with Crippen molar-refractivity contribution in [3.8, 4) is 34.0 Å². The predicted octanol–water partition coefficient (Wildman–Crippen LogP) is 3.22. The summed E-state index contributed by atoms with van der Waals surface area (Å²) in [5.41, 5.74) is 2.23. The van der Waals surface area contributed by atoms with Crippen LogP contribution in [0.3, 0.4) is 0 Å². The number of rotatable bonds is 2. The van der Waals surface area contributed by atoms with Gasteiger partial charge in [-0.15, -0.1) is 0 Å². The van der Waals surface area contributed by atoms with Gasteiger partial charge < -0.3 is 10.2 Å². The van der Waals surface area contributed by atoms with E-state index in [2.05, 4.69) is 9.97 Å². The van der Waals surface area contributed by atoms with Crippen molar-refractivity contribution < 1.29 is 10.2 Å². The van der Waals surface area contributed by atoms with E-state index in [-0.39, 0.29) is 11.5 Å². The zero-order valence-electron chi connectivity index (χ0n) is 10.6. The van der Waals surface area contributed by atoms with Crippen LogP contribution in [0.15, 0.2) is 60.9 Å². The van der Waals surface area contributed by atoms with Crippen molar-refractivity contribution in [3.63, 3.8) is 0 Å². The summed E-state index contributed by atoms with van der Waals surface area (Å²) < 4.78 is 0. The van der Waals surface area contributed by atoms with Gasteiger partial charge in [-0.3, -0.25) is 9.97 Å². The lowest BCUT2D eigenvalue weighted by Gasteiger charge is -2.10. The van der Waals surface area contributed by atoms with Crippen LogP contribution in [0.2, 0.25) is 0 Å². The van der Waals surface area contributed by atoms with Gasteiger partial charge in [0.2, 0.25) is 0 Å². The van der Waals surface area contributed by atoms with Crippen LogP contribution >= 0.6 is 0 Å². The van der Waals surface area contributed by atoms with Crippen LogP contribution in [-0.4, -0.2) is 20.2 Å². The van der Waals surface area contributed by atoms with Crippen molar-refractivity contribution in [2.24, 2.45) is 0 Å². The van der Waals surface area contributed by atoms with E-state index >= 15 is 0 Å². The van der Waals surface area contributed by atoms with Crippen LogP contribution in [-0.2, 0) is 0 Å². The number of hydrogen-bond acceptors (Lipinski definition) is 4. The van der Waals surface area contributed by atoms with E-state index in [1.807, 2.05) is 12.1 Å². The lowest BCUT2D eigenvalue weighted by atomic mass is 10.0. The molecule has 0 aliphatic carbocycles. The predicted molar refractivity (Wildman–Crippen MR) is 76.2 cm³/mol. The second-order valence-corrected chi connectivity index (χ2v) is 4.29. The molecule has 3 rings (SSSR count). The lowest BCUT2D eigenvalue weighted by molar-refractivity contribution is 0.475. The van der Waals surface area contributed by atoms with Crippen LogP contribution in [0, 0.1) is 0 Å². The molecule has 0 bridgehead atoms. The van der Waals surface area contributed by atoms with E-state index in [0.29, 0.717) is 22.5 Å². The Balaban J connectivity index is 2.25. The second kappa shape index (κ2) is 5.01. The highest BCUT2D eigenvalue weighted by Crippen LogP contribution is 2.36. The minimum Gasteiger partial charge on any atom is -0.507 e. The fourth-order valence-electron chi connectivity index (χ4n) is 2.08. The summed E-state index contributed by atoms with van der Waals surface area (Å²) in [4.78, 5) is 8.59. The van der Waals surface area contributed by atoms with E-state index < -0.39 is 0 Å². The fraction of sp³-hybridized carbons (Fsp3) is 0. The van der Waals surface area contributed by atoms with E-state index in [1.54, 1.807) is 48.8 Å². The zero-order valence-corrected chi connectivity index (χ0v) is 10.6. The quantitative estimate of drug-likeness (QED) is 0.745. The Bertz CT molecular complexity index is 692. The first kappa shape index (κ1) is 12.2. The second-order valence-electron chi connectivity index (χ2n) is 4.29. The SMILES string of the molecule is Oc1ccccc1-c1nccnc1-c1ccccc1O. The minimum absolute atomic E-state index is 0.129. The molecule has 0 saturated carbocycles. The molecule has 0 radical (unpaired) electrons. The molecule has 4 heteroatoms. The van der Waals surface area contributed by atoms with Crippen molar-refractivity contribution in [3.05, 3.63) is 60.9 Å². The molecule has 0 fully saturated rings. The Hall–Kier alpha value is -2.88. The Labute approximate surface area is 116 Å². The van der Waals surface area contributed by atoms with E-state index in [1.165, 1.54) is 0 Å². The highest BCUT2D eigenvalue weighted by Gasteiger charge is 2.15. The van der Waals surface area contributed by atoms with Gasteiger partial charge in [-0.25, -0.2) is 0 Å². The number of hydrogen-bond donors (Lipinski definition) is 2. The maximum absolute atomic E-state index is 9.97. The van der Waals surface area contributed by atoms with Crippen molar-refractivity contribution in [2.75, 3.05) is 0 Å². The molecular formula is C16H12N2O2. The number of nitrogens with zero attached hydrogens (tertiary/aromatic N) is 2. The Morgan fingerprint density at radius 1 is 0.600 bits per heavy atom. The van der Waals surface area contributed by atoms with Gasteiger partial charge in [-0.1, -0.05) is 24.3 Å². The summed E-state index contributed by atoms with van der Waals surface area (Å²) in [6.45, 7) is 0. The first-order valence-corrected chi connectivity index (χ1v) is 6.15. The van der Waals surface area contributed by atoms with Gasteiger partial charge in [0.25, 0.3) is 0 Å². The summed E-state index contributed by atoms with van der Waals surface area (Å²) >= 11 is 0. The van der Waals surface area contributed by atoms with Gasteiger partial charge in [0.15, 0.2) is 0 Å². The van der Waals surface area contributed by atoms with Gasteiger partial charge in [0.1, 0.15) is 22.9 Å². The molecule has 1 aromatic heterocycles. The molecule has 2 aromatic carbocycles. The summed E-state index contributed by atoms with van der Waals surface area (Å²) in [5, 5.41) is 19.9. The highest BCUT2D eigenvalue weighted by atomic mass is 16.3. The number of aromatic nitrogens is 2. The van der Waals surface area contributed by atoms with Gasteiger partial charge >= 0.3 is 0 Å². The van der Waals surface area contributed by atoms with Crippen molar-refractivity contribution in [2.45, 2.75) is 0 Å². The minimum atomic E-state index is 0.129. The third-order valence-electron chi connectivity index (χ3n) is 3.02. The van der Waals surface area contributed by atoms with Crippen molar-refractivity contribution in [1.29, 1.82) is 0 Å². The molecule has 0 aliphatic rings. The summed E-state index contributed by atoms with van der Waals surface area (Å²) in [5.74, 6) is 0.259. The summed E-state index contributed by atoms with van der Waals surface area (Å²) in [6, 6.07) is 13.9. The maximum Gasteiger partial charge on any atom is 0.125 e. The van der Waals surface area contributed by atoms with Crippen LogP contribution in [0.4, 0.5) is 0 Å². The zero-order chi connectivity index (χ0) is 13.9.